The minimum Gasteiger partial charge on any atom is -0.391 e. The molecule has 0 aliphatic carbocycles. The van der Waals surface area contributed by atoms with E-state index in [0.29, 0.717) is 23.4 Å². The van der Waals surface area contributed by atoms with Crippen LogP contribution in [0.4, 0.5) is 0 Å². The Morgan fingerprint density at radius 3 is 2.44 bits per heavy atom. The Bertz CT molecular complexity index is 829. The second-order valence-electron chi connectivity index (χ2n) is 5.88. The summed E-state index contributed by atoms with van der Waals surface area (Å²) in [6.07, 6.45) is -0.179. The molecule has 2 N–H and O–H groups in total. The van der Waals surface area contributed by atoms with Crippen LogP contribution in [0.5, 0.6) is 0 Å². The van der Waals surface area contributed by atoms with Crippen LogP contribution in [0.2, 0.25) is 0 Å². The van der Waals surface area contributed by atoms with Gasteiger partial charge in [0.1, 0.15) is 17.0 Å². The molecule has 0 spiro atoms. The molecule has 0 aliphatic rings. The van der Waals surface area contributed by atoms with Gasteiger partial charge in [-0.2, -0.15) is 0 Å². The van der Waals surface area contributed by atoms with Gasteiger partial charge in [0.25, 0.3) is 5.91 Å². The van der Waals surface area contributed by atoms with Gasteiger partial charge in [-0.25, -0.2) is 0 Å². The lowest BCUT2D eigenvalue weighted by Crippen LogP contribution is -2.33. The van der Waals surface area contributed by atoms with E-state index in [2.05, 4.69) is 10.5 Å². The number of aryl methyl sites for hydroxylation is 1. The molecule has 25 heavy (non-hydrogen) atoms. The molecule has 1 heterocycles. The molecule has 0 fully saturated rings. The predicted molar refractivity (Wildman–Crippen MR) is 95.2 cm³/mol. The molecular weight excluding hydrogens is 316 g/mol. The summed E-state index contributed by atoms with van der Waals surface area (Å²) in [5, 5.41) is 16.9. The van der Waals surface area contributed by atoms with Crippen molar-refractivity contribution in [2.24, 2.45) is 0 Å². The summed E-state index contributed by atoms with van der Waals surface area (Å²) in [6, 6.07) is 19.1. The van der Waals surface area contributed by atoms with E-state index in [9.17, 15) is 9.90 Å². The lowest BCUT2D eigenvalue weighted by molar-refractivity contribution is 0.0915. The van der Waals surface area contributed by atoms with Crippen LogP contribution in [0.3, 0.4) is 0 Å². The maximum absolute atomic E-state index is 12.6. The van der Waals surface area contributed by atoms with Gasteiger partial charge in [0.05, 0.1) is 6.10 Å². The lowest BCUT2D eigenvalue weighted by Gasteiger charge is -2.12. The molecule has 2 aromatic carbocycles. The highest BCUT2D eigenvalue weighted by Gasteiger charge is 2.21. The number of carbonyl (C=O) groups excluding carboxylic acids is 1. The summed E-state index contributed by atoms with van der Waals surface area (Å²) >= 11 is 0. The predicted octanol–water partition coefficient (Wildman–Crippen LogP) is 2.98. The van der Waals surface area contributed by atoms with Crippen molar-refractivity contribution in [2.75, 3.05) is 6.54 Å². The zero-order valence-electron chi connectivity index (χ0n) is 14.0. The highest BCUT2D eigenvalue weighted by molar-refractivity contribution is 6.00. The number of hydrogen-bond donors (Lipinski definition) is 2. The normalized spacial score (nSPS) is 11.9. The fourth-order valence-corrected chi connectivity index (χ4v) is 2.69. The van der Waals surface area contributed by atoms with Crippen LogP contribution in [0.1, 0.15) is 21.7 Å². The van der Waals surface area contributed by atoms with Gasteiger partial charge >= 0.3 is 0 Å². The molecular formula is C20H20N2O3. The van der Waals surface area contributed by atoms with Gasteiger partial charge in [-0.05, 0) is 12.5 Å². The largest absolute Gasteiger partial charge is 0.391 e. The first-order valence-corrected chi connectivity index (χ1v) is 8.17. The third-order valence-corrected chi connectivity index (χ3v) is 3.95. The molecule has 1 aromatic heterocycles. The Morgan fingerprint density at radius 2 is 1.76 bits per heavy atom. The van der Waals surface area contributed by atoms with Crippen molar-refractivity contribution < 1.29 is 14.4 Å². The molecule has 5 nitrogen and oxygen atoms in total. The average molecular weight is 336 g/mol. The van der Waals surface area contributed by atoms with E-state index in [1.165, 1.54) is 0 Å². The van der Waals surface area contributed by atoms with Crippen molar-refractivity contribution in [3.8, 4) is 11.3 Å². The zero-order valence-corrected chi connectivity index (χ0v) is 14.0. The number of nitrogens with zero attached hydrogens (tertiary/aromatic N) is 1. The SMILES string of the molecule is Cc1onc(-c2ccccc2)c1C(=O)NCC(O)Cc1ccccc1. The summed E-state index contributed by atoms with van der Waals surface area (Å²) in [4.78, 5) is 12.6. The number of aliphatic hydroxyl groups excluding tert-OH is 1. The lowest BCUT2D eigenvalue weighted by atomic mass is 10.1. The van der Waals surface area contributed by atoms with E-state index in [-0.39, 0.29) is 12.5 Å². The van der Waals surface area contributed by atoms with Crippen molar-refractivity contribution in [1.29, 1.82) is 0 Å². The van der Waals surface area contributed by atoms with Gasteiger partial charge in [0.15, 0.2) is 0 Å². The Labute approximate surface area is 146 Å². The quantitative estimate of drug-likeness (QED) is 0.726. The van der Waals surface area contributed by atoms with E-state index < -0.39 is 6.10 Å². The fraction of sp³-hybridized carbons (Fsp3) is 0.200. The summed E-state index contributed by atoms with van der Waals surface area (Å²) < 4.78 is 5.20. The second-order valence-corrected chi connectivity index (χ2v) is 5.88. The van der Waals surface area contributed by atoms with Gasteiger partial charge in [0, 0.05) is 18.5 Å². The average Bonchev–Trinajstić information content (AvgIpc) is 3.03. The molecule has 0 radical (unpaired) electrons. The fourth-order valence-electron chi connectivity index (χ4n) is 2.69. The van der Waals surface area contributed by atoms with E-state index in [0.717, 1.165) is 11.1 Å². The van der Waals surface area contributed by atoms with Crippen molar-refractivity contribution >= 4 is 5.91 Å². The first-order valence-electron chi connectivity index (χ1n) is 8.17. The van der Waals surface area contributed by atoms with E-state index in [1.54, 1.807) is 6.92 Å². The second kappa shape index (κ2) is 7.77. The van der Waals surface area contributed by atoms with Gasteiger partial charge in [-0.1, -0.05) is 65.8 Å². The maximum Gasteiger partial charge on any atom is 0.257 e. The number of carbonyl (C=O) groups is 1. The summed E-state index contributed by atoms with van der Waals surface area (Å²) in [7, 11) is 0. The molecule has 5 heteroatoms. The topological polar surface area (TPSA) is 75.4 Å². The number of nitrogens with one attached hydrogen (secondary N) is 1. The Hall–Kier alpha value is -2.92. The minimum absolute atomic E-state index is 0.159. The monoisotopic (exact) mass is 336 g/mol. The van der Waals surface area contributed by atoms with Gasteiger partial charge in [-0.3, -0.25) is 4.79 Å². The Morgan fingerprint density at radius 1 is 1.12 bits per heavy atom. The van der Waals surface area contributed by atoms with Gasteiger partial charge in [0.2, 0.25) is 0 Å². The maximum atomic E-state index is 12.6. The first kappa shape index (κ1) is 16.9. The molecule has 0 bridgehead atoms. The molecule has 1 atom stereocenters. The van der Waals surface area contributed by atoms with Gasteiger partial charge < -0.3 is 14.9 Å². The summed E-state index contributed by atoms with van der Waals surface area (Å²) in [6.45, 7) is 1.86. The molecule has 1 amide bonds. The summed E-state index contributed by atoms with van der Waals surface area (Å²) in [5.41, 5.74) is 2.75. The molecule has 0 saturated carbocycles. The number of benzene rings is 2. The van der Waals surface area contributed by atoms with Crippen LogP contribution in [0, 0.1) is 6.92 Å². The van der Waals surface area contributed by atoms with Crippen molar-refractivity contribution in [2.45, 2.75) is 19.4 Å². The van der Waals surface area contributed by atoms with Crippen molar-refractivity contribution in [3.63, 3.8) is 0 Å². The third-order valence-electron chi connectivity index (χ3n) is 3.95. The van der Waals surface area contributed by atoms with Crippen molar-refractivity contribution in [1.82, 2.24) is 10.5 Å². The third kappa shape index (κ3) is 4.14. The van der Waals surface area contributed by atoms with Crippen LogP contribution in [0.15, 0.2) is 65.2 Å². The molecule has 128 valence electrons. The molecule has 0 saturated heterocycles. The first-order chi connectivity index (χ1) is 12.1. The number of aromatic nitrogens is 1. The number of hydrogen-bond acceptors (Lipinski definition) is 4. The van der Waals surface area contributed by atoms with Crippen LogP contribution in [-0.4, -0.2) is 28.8 Å². The van der Waals surface area contributed by atoms with E-state index >= 15 is 0 Å². The highest BCUT2D eigenvalue weighted by atomic mass is 16.5. The van der Waals surface area contributed by atoms with Gasteiger partial charge in [-0.15, -0.1) is 0 Å². The standard InChI is InChI=1S/C20H20N2O3/c1-14-18(19(22-25-14)16-10-6-3-7-11-16)20(24)21-13-17(23)12-15-8-4-2-5-9-15/h2-11,17,23H,12-13H2,1H3,(H,21,24). The van der Waals surface area contributed by atoms with Crippen LogP contribution < -0.4 is 5.32 Å². The number of rotatable bonds is 6. The number of aliphatic hydroxyl groups is 1. The zero-order chi connectivity index (χ0) is 17.6. The van der Waals surface area contributed by atoms with Crippen LogP contribution >= 0.6 is 0 Å². The Kier molecular flexibility index (Phi) is 5.26. The molecule has 3 aromatic rings. The van der Waals surface area contributed by atoms with E-state index in [1.807, 2.05) is 60.7 Å². The Balaban J connectivity index is 1.67. The van der Waals surface area contributed by atoms with Crippen molar-refractivity contribution in [3.05, 3.63) is 77.6 Å². The highest BCUT2D eigenvalue weighted by Crippen LogP contribution is 2.24. The van der Waals surface area contributed by atoms with Crippen LogP contribution in [0.25, 0.3) is 11.3 Å². The smallest absolute Gasteiger partial charge is 0.257 e. The molecule has 1 unspecified atom stereocenters. The molecule has 3 rings (SSSR count). The molecule has 0 aliphatic heterocycles. The minimum atomic E-state index is -0.660. The van der Waals surface area contributed by atoms with E-state index in [4.69, 9.17) is 4.52 Å². The number of amides is 1. The van der Waals surface area contributed by atoms with Crippen LogP contribution in [-0.2, 0) is 6.42 Å². The summed E-state index contributed by atoms with van der Waals surface area (Å²) in [5.74, 6) is 0.151.